The van der Waals surface area contributed by atoms with Crippen LogP contribution in [-0.4, -0.2) is 12.5 Å². The summed E-state index contributed by atoms with van der Waals surface area (Å²) in [4.78, 5) is 12.1. The average Bonchev–Trinajstić information content (AvgIpc) is 3.14. The molecule has 0 aromatic heterocycles. The van der Waals surface area contributed by atoms with E-state index in [0.29, 0.717) is 18.9 Å². The molecule has 0 unspecified atom stereocenters. The number of carbonyl (C=O) groups is 1. The highest BCUT2D eigenvalue weighted by atomic mass is 16.5. The summed E-state index contributed by atoms with van der Waals surface area (Å²) in [5, 5.41) is 2.99. The molecule has 2 aromatic rings. The third-order valence-corrected chi connectivity index (χ3v) is 4.81. The number of hydrogen-bond acceptors (Lipinski definition) is 2. The van der Waals surface area contributed by atoms with E-state index in [1.165, 1.54) is 31.2 Å². The normalized spacial score (nSPS) is 14.4. The number of amides is 1. The molecule has 1 fully saturated rings. The van der Waals surface area contributed by atoms with E-state index in [1.54, 1.807) is 0 Å². The van der Waals surface area contributed by atoms with Crippen molar-refractivity contribution in [3.63, 3.8) is 0 Å². The van der Waals surface area contributed by atoms with Gasteiger partial charge in [-0.25, -0.2) is 0 Å². The lowest BCUT2D eigenvalue weighted by atomic mass is 10.0. The van der Waals surface area contributed by atoms with E-state index in [1.807, 2.05) is 30.3 Å². The van der Waals surface area contributed by atoms with Gasteiger partial charge < -0.3 is 10.1 Å². The second-order valence-corrected chi connectivity index (χ2v) is 6.86. The number of nitrogens with one attached hydrogen (secondary N) is 1. The van der Waals surface area contributed by atoms with Crippen LogP contribution in [0.15, 0.2) is 54.6 Å². The molecule has 1 aliphatic rings. The monoisotopic (exact) mass is 337 g/mol. The number of anilines is 1. The van der Waals surface area contributed by atoms with Gasteiger partial charge in [0.15, 0.2) is 0 Å². The highest BCUT2D eigenvalue weighted by Crippen LogP contribution is 2.28. The van der Waals surface area contributed by atoms with Crippen LogP contribution in [0.5, 0.6) is 5.75 Å². The second kappa shape index (κ2) is 9.26. The van der Waals surface area contributed by atoms with E-state index in [0.717, 1.165) is 24.3 Å². The summed E-state index contributed by atoms with van der Waals surface area (Å²) in [5.74, 6) is 1.55. The van der Waals surface area contributed by atoms with E-state index in [-0.39, 0.29) is 5.91 Å². The first-order valence-electron chi connectivity index (χ1n) is 9.36. The molecule has 3 heteroatoms. The number of aryl methyl sites for hydroxylation is 1. The van der Waals surface area contributed by atoms with Crippen LogP contribution < -0.4 is 10.1 Å². The third kappa shape index (κ3) is 5.93. The van der Waals surface area contributed by atoms with Crippen molar-refractivity contribution >= 4 is 11.6 Å². The van der Waals surface area contributed by atoms with Crippen LogP contribution in [-0.2, 0) is 11.2 Å². The van der Waals surface area contributed by atoms with Crippen molar-refractivity contribution in [1.29, 1.82) is 0 Å². The summed E-state index contributed by atoms with van der Waals surface area (Å²) in [6, 6.07) is 18.1. The standard InChI is InChI=1S/C22H27NO2/c24-22(17-19-9-4-5-10-19)23-20-12-14-21(15-13-20)25-16-6-11-18-7-2-1-3-8-18/h1-3,7-8,12-15,19H,4-6,9-11,16-17H2,(H,23,24). The van der Waals surface area contributed by atoms with Crippen molar-refractivity contribution in [1.82, 2.24) is 0 Å². The Morgan fingerprint density at radius 1 is 1.00 bits per heavy atom. The second-order valence-electron chi connectivity index (χ2n) is 6.86. The Morgan fingerprint density at radius 3 is 2.44 bits per heavy atom. The lowest BCUT2D eigenvalue weighted by Gasteiger charge is -2.11. The third-order valence-electron chi connectivity index (χ3n) is 4.81. The molecule has 0 bridgehead atoms. The molecule has 2 aromatic carbocycles. The maximum Gasteiger partial charge on any atom is 0.224 e. The molecule has 1 amide bonds. The van der Waals surface area contributed by atoms with Gasteiger partial charge in [-0.3, -0.25) is 4.79 Å². The van der Waals surface area contributed by atoms with E-state index in [9.17, 15) is 4.79 Å². The predicted molar refractivity (Wildman–Crippen MR) is 102 cm³/mol. The fourth-order valence-corrected chi connectivity index (χ4v) is 3.43. The van der Waals surface area contributed by atoms with Crippen LogP contribution in [0.4, 0.5) is 5.69 Å². The first-order chi connectivity index (χ1) is 12.3. The largest absolute Gasteiger partial charge is 0.494 e. The highest BCUT2D eigenvalue weighted by Gasteiger charge is 2.18. The molecular formula is C22H27NO2. The van der Waals surface area contributed by atoms with Gasteiger partial charge in [0, 0.05) is 12.1 Å². The van der Waals surface area contributed by atoms with Crippen LogP contribution in [0.1, 0.15) is 44.1 Å². The fourth-order valence-electron chi connectivity index (χ4n) is 3.43. The molecule has 0 atom stereocenters. The summed E-state index contributed by atoms with van der Waals surface area (Å²) >= 11 is 0. The summed E-state index contributed by atoms with van der Waals surface area (Å²) in [6.45, 7) is 0.697. The molecule has 0 saturated heterocycles. The van der Waals surface area contributed by atoms with Crippen LogP contribution in [0, 0.1) is 5.92 Å². The van der Waals surface area contributed by atoms with Gasteiger partial charge in [-0.05, 0) is 61.4 Å². The van der Waals surface area contributed by atoms with Gasteiger partial charge in [0.25, 0.3) is 0 Å². The van der Waals surface area contributed by atoms with Crippen molar-refractivity contribution in [2.45, 2.75) is 44.9 Å². The lowest BCUT2D eigenvalue weighted by molar-refractivity contribution is -0.117. The molecule has 1 saturated carbocycles. The zero-order chi connectivity index (χ0) is 17.3. The Balaban J connectivity index is 1.37. The molecular weight excluding hydrogens is 310 g/mol. The van der Waals surface area contributed by atoms with Crippen molar-refractivity contribution in [3.8, 4) is 5.75 Å². The molecule has 1 N–H and O–H groups in total. The number of benzene rings is 2. The first kappa shape index (κ1) is 17.5. The van der Waals surface area contributed by atoms with Gasteiger partial charge in [0.2, 0.25) is 5.91 Å². The smallest absolute Gasteiger partial charge is 0.224 e. The molecule has 0 radical (unpaired) electrons. The van der Waals surface area contributed by atoms with Crippen molar-refractivity contribution in [2.24, 2.45) is 5.92 Å². The summed E-state index contributed by atoms with van der Waals surface area (Å²) in [6.07, 6.45) is 7.60. The molecule has 0 spiro atoms. The number of hydrogen-bond donors (Lipinski definition) is 1. The molecule has 132 valence electrons. The van der Waals surface area contributed by atoms with Gasteiger partial charge in [-0.15, -0.1) is 0 Å². The fraction of sp³-hybridized carbons (Fsp3) is 0.409. The number of ether oxygens (including phenoxy) is 1. The predicted octanol–water partition coefficient (Wildman–Crippen LogP) is 5.22. The van der Waals surface area contributed by atoms with Crippen molar-refractivity contribution in [3.05, 3.63) is 60.2 Å². The van der Waals surface area contributed by atoms with Crippen LogP contribution in [0.3, 0.4) is 0 Å². The lowest BCUT2D eigenvalue weighted by Crippen LogP contribution is -2.15. The van der Waals surface area contributed by atoms with Gasteiger partial charge >= 0.3 is 0 Å². The van der Waals surface area contributed by atoms with E-state index < -0.39 is 0 Å². The summed E-state index contributed by atoms with van der Waals surface area (Å²) in [5.41, 5.74) is 2.19. The minimum atomic E-state index is 0.128. The Bertz CT molecular complexity index is 645. The average molecular weight is 337 g/mol. The maximum absolute atomic E-state index is 12.1. The summed E-state index contributed by atoms with van der Waals surface area (Å²) in [7, 11) is 0. The Labute approximate surface area is 150 Å². The van der Waals surface area contributed by atoms with Gasteiger partial charge in [0.1, 0.15) is 5.75 Å². The van der Waals surface area contributed by atoms with Crippen LogP contribution in [0.2, 0.25) is 0 Å². The molecule has 0 heterocycles. The highest BCUT2D eigenvalue weighted by molar-refractivity contribution is 5.90. The SMILES string of the molecule is O=C(CC1CCCC1)Nc1ccc(OCCCc2ccccc2)cc1. The quantitative estimate of drug-likeness (QED) is 0.671. The Kier molecular flexibility index (Phi) is 6.49. The molecule has 3 nitrogen and oxygen atoms in total. The molecule has 3 rings (SSSR count). The Morgan fingerprint density at radius 2 is 1.72 bits per heavy atom. The number of rotatable bonds is 8. The minimum Gasteiger partial charge on any atom is -0.494 e. The van der Waals surface area contributed by atoms with Crippen molar-refractivity contribution in [2.75, 3.05) is 11.9 Å². The van der Waals surface area contributed by atoms with E-state index in [4.69, 9.17) is 4.74 Å². The molecule has 25 heavy (non-hydrogen) atoms. The maximum atomic E-state index is 12.1. The number of carbonyl (C=O) groups excluding carboxylic acids is 1. The zero-order valence-electron chi connectivity index (χ0n) is 14.7. The molecule has 1 aliphatic carbocycles. The van der Waals surface area contributed by atoms with Crippen molar-refractivity contribution < 1.29 is 9.53 Å². The van der Waals surface area contributed by atoms with Crippen LogP contribution in [0.25, 0.3) is 0 Å². The van der Waals surface area contributed by atoms with E-state index in [2.05, 4.69) is 29.6 Å². The molecule has 0 aliphatic heterocycles. The minimum absolute atomic E-state index is 0.128. The van der Waals surface area contributed by atoms with E-state index >= 15 is 0 Å². The zero-order valence-corrected chi connectivity index (χ0v) is 14.7. The first-order valence-corrected chi connectivity index (χ1v) is 9.36. The van der Waals surface area contributed by atoms with Crippen LogP contribution >= 0.6 is 0 Å². The van der Waals surface area contributed by atoms with Gasteiger partial charge in [0.05, 0.1) is 6.61 Å². The Hall–Kier alpha value is -2.29. The summed E-state index contributed by atoms with van der Waals surface area (Å²) < 4.78 is 5.78. The van der Waals surface area contributed by atoms with Gasteiger partial charge in [-0.1, -0.05) is 43.2 Å². The topological polar surface area (TPSA) is 38.3 Å². The van der Waals surface area contributed by atoms with Gasteiger partial charge in [-0.2, -0.15) is 0 Å².